The lowest BCUT2D eigenvalue weighted by atomic mass is 9.79. The summed E-state index contributed by atoms with van der Waals surface area (Å²) in [5, 5.41) is 78.2. The molecule has 0 saturated heterocycles. The lowest BCUT2D eigenvalue weighted by molar-refractivity contribution is -0.213. The summed E-state index contributed by atoms with van der Waals surface area (Å²) in [6.45, 7) is 1.03. The molecule has 5 atom stereocenters. The van der Waals surface area contributed by atoms with Gasteiger partial charge in [0.2, 0.25) is 0 Å². The Bertz CT molecular complexity index is 1590. The van der Waals surface area contributed by atoms with Gasteiger partial charge in [-0.1, -0.05) is 12.1 Å². The van der Waals surface area contributed by atoms with Gasteiger partial charge in [-0.15, -0.1) is 0 Å². The van der Waals surface area contributed by atoms with E-state index in [4.69, 9.17) is 19.3 Å². The maximum Gasteiger partial charge on any atom is 0.335 e. The number of rotatable bonds is 12. The zero-order chi connectivity index (χ0) is 35.1. The summed E-state index contributed by atoms with van der Waals surface area (Å²) < 4.78 is 16.0. The maximum atomic E-state index is 12.9. The monoisotopic (exact) mass is 660 g/mol. The topological polar surface area (TPSA) is 275 Å². The van der Waals surface area contributed by atoms with E-state index in [2.05, 4.69) is 0 Å². The van der Waals surface area contributed by atoms with Crippen LogP contribution >= 0.6 is 0 Å². The second-order valence-electron chi connectivity index (χ2n) is 11.1. The van der Waals surface area contributed by atoms with Crippen LogP contribution in [0.3, 0.4) is 0 Å². The third-order valence-corrected chi connectivity index (χ3v) is 6.89. The summed E-state index contributed by atoms with van der Waals surface area (Å²) in [6, 6.07) is 7.19. The fourth-order valence-electron chi connectivity index (χ4n) is 4.65. The number of phenolic OH excluding ortho intramolecular Hbond substituents is 4. The number of aliphatic hydroxyl groups is 2. The van der Waals surface area contributed by atoms with E-state index in [-0.39, 0.29) is 11.1 Å². The molecule has 0 radical (unpaired) electrons. The Hall–Kier alpha value is -5.61. The zero-order valence-corrected chi connectivity index (χ0v) is 24.7. The molecule has 1 aliphatic rings. The van der Waals surface area contributed by atoms with Gasteiger partial charge in [-0.3, -0.25) is 9.59 Å². The molecule has 5 unspecified atom stereocenters. The first-order valence-corrected chi connectivity index (χ1v) is 13.8. The Balaban J connectivity index is 1.92. The molecule has 16 nitrogen and oxygen atoms in total. The molecule has 0 aromatic heterocycles. The van der Waals surface area contributed by atoms with Crippen molar-refractivity contribution in [2.75, 3.05) is 0 Å². The molecule has 2 aromatic rings. The van der Waals surface area contributed by atoms with Gasteiger partial charge in [0, 0.05) is 25.0 Å². The Labute approximate surface area is 266 Å². The summed E-state index contributed by atoms with van der Waals surface area (Å²) in [7, 11) is 0. The second-order valence-corrected chi connectivity index (χ2v) is 11.1. The van der Waals surface area contributed by atoms with E-state index in [0.29, 0.717) is 0 Å². The minimum Gasteiger partial charge on any atom is -0.504 e. The normalized spacial score (nSPS) is 22.3. The lowest BCUT2D eigenvalue weighted by Crippen LogP contribution is -2.59. The predicted molar refractivity (Wildman–Crippen MR) is 157 cm³/mol. The number of carboxylic acids is 2. The number of carbonyl (C=O) groups excluding carboxylic acids is 3. The number of aromatic hydroxyl groups is 4. The van der Waals surface area contributed by atoms with E-state index < -0.39 is 108 Å². The van der Waals surface area contributed by atoms with Crippen LogP contribution in [0, 0.1) is 0 Å². The summed E-state index contributed by atoms with van der Waals surface area (Å²) in [6.07, 6.45) is -4.77. The highest BCUT2D eigenvalue weighted by molar-refractivity contribution is 5.88. The van der Waals surface area contributed by atoms with Crippen molar-refractivity contribution in [3.8, 4) is 23.0 Å². The van der Waals surface area contributed by atoms with Crippen LogP contribution in [-0.2, 0) is 38.2 Å². The van der Waals surface area contributed by atoms with Gasteiger partial charge in [-0.2, -0.15) is 0 Å². The van der Waals surface area contributed by atoms with Crippen molar-refractivity contribution in [1.29, 1.82) is 0 Å². The van der Waals surface area contributed by atoms with Gasteiger partial charge in [0.1, 0.15) is 12.2 Å². The summed E-state index contributed by atoms with van der Waals surface area (Å²) in [4.78, 5) is 61.5. The largest absolute Gasteiger partial charge is 0.504 e. The summed E-state index contributed by atoms with van der Waals surface area (Å²) in [5.74, 6) is -8.63. The van der Waals surface area contributed by atoms with Crippen molar-refractivity contribution in [1.82, 2.24) is 0 Å². The van der Waals surface area contributed by atoms with Crippen LogP contribution in [0.5, 0.6) is 23.0 Å². The first-order chi connectivity index (χ1) is 21.9. The average molecular weight is 661 g/mol. The van der Waals surface area contributed by atoms with Crippen molar-refractivity contribution in [2.24, 2.45) is 0 Å². The Morgan fingerprint density at radius 1 is 0.766 bits per heavy atom. The number of carbonyl (C=O) groups is 5. The summed E-state index contributed by atoms with van der Waals surface area (Å²) in [5.41, 5.74) is -4.33. The van der Waals surface area contributed by atoms with Crippen LogP contribution in [0.2, 0.25) is 0 Å². The summed E-state index contributed by atoms with van der Waals surface area (Å²) >= 11 is 0. The Morgan fingerprint density at radius 3 is 1.68 bits per heavy atom. The molecule has 1 saturated carbocycles. The van der Waals surface area contributed by atoms with Gasteiger partial charge in [-0.25, -0.2) is 14.4 Å². The van der Waals surface area contributed by atoms with Crippen molar-refractivity contribution in [3.63, 3.8) is 0 Å². The molecule has 1 fully saturated rings. The molecule has 16 heteroatoms. The van der Waals surface area contributed by atoms with Crippen LogP contribution in [-0.4, -0.2) is 100 Å². The van der Waals surface area contributed by atoms with Gasteiger partial charge in [0.25, 0.3) is 0 Å². The lowest BCUT2D eigenvalue weighted by Gasteiger charge is -2.42. The Morgan fingerprint density at radius 2 is 1.23 bits per heavy atom. The molecule has 0 bridgehead atoms. The quantitative estimate of drug-likeness (QED) is 0.0687. The van der Waals surface area contributed by atoms with E-state index in [1.54, 1.807) is 0 Å². The average Bonchev–Trinajstić information content (AvgIpc) is 2.95. The van der Waals surface area contributed by atoms with Gasteiger partial charge in [-0.05, 0) is 54.5 Å². The number of ether oxygens (including phenoxy) is 3. The van der Waals surface area contributed by atoms with Crippen LogP contribution in [0.4, 0.5) is 0 Å². The standard InChI is InChI=1S/C31H32O16/c1-30(43,14-24(36)37)15-27(40)46-23-13-31(44,29(41)42)12-22(45-25(38)8-4-16-2-6-18(32)20(34)10-16)28(23)47-26(39)9-5-17-3-7-19(33)21(35)11-17/h2-11,22-23,28,32-35,43-44H,12-15H2,1H3,(H,36,37)(H,41,42). The highest BCUT2D eigenvalue weighted by Crippen LogP contribution is 2.36. The SMILES string of the molecule is CC(O)(CC(=O)O)CC(=O)OC1CC(O)(C(=O)O)CC(OC(=O)C=Cc2ccc(O)c(O)c2)C1OC(=O)C=Cc1ccc(O)c(O)c1. The first-order valence-electron chi connectivity index (χ1n) is 13.8. The van der Waals surface area contributed by atoms with Crippen molar-refractivity contribution in [2.45, 2.75) is 62.1 Å². The number of carboxylic acid groups (broad SMARTS) is 2. The van der Waals surface area contributed by atoms with Gasteiger partial charge < -0.3 is 55.1 Å². The van der Waals surface area contributed by atoms with Gasteiger partial charge >= 0.3 is 29.8 Å². The molecule has 1 aliphatic carbocycles. The third kappa shape index (κ3) is 10.2. The molecule has 2 aromatic carbocycles. The van der Waals surface area contributed by atoms with E-state index in [0.717, 1.165) is 49.4 Å². The number of hydrogen-bond donors (Lipinski definition) is 8. The van der Waals surface area contributed by atoms with Crippen LogP contribution in [0.15, 0.2) is 48.6 Å². The molecule has 8 N–H and O–H groups in total. The van der Waals surface area contributed by atoms with Crippen molar-refractivity contribution in [3.05, 3.63) is 59.7 Å². The number of benzene rings is 2. The predicted octanol–water partition coefficient (Wildman–Crippen LogP) is 1.20. The molecule has 3 rings (SSSR count). The fraction of sp³-hybridized carbons (Fsp3) is 0.323. The molecule has 252 valence electrons. The fourth-order valence-corrected chi connectivity index (χ4v) is 4.65. The number of aliphatic carboxylic acids is 2. The van der Waals surface area contributed by atoms with Crippen LogP contribution < -0.4 is 0 Å². The van der Waals surface area contributed by atoms with E-state index in [1.165, 1.54) is 18.2 Å². The number of esters is 3. The van der Waals surface area contributed by atoms with E-state index in [9.17, 15) is 59.7 Å². The second kappa shape index (κ2) is 14.7. The minimum absolute atomic E-state index is 0.233. The maximum absolute atomic E-state index is 12.9. The number of phenols is 4. The molecule has 0 aliphatic heterocycles. The Kier molecular flexibility index (Phi) is 11.2. The van der Waals surface area contributed by atoms with E-state index >= 15 is 0 Å². The van der Waals surface area contributed by atoms with Crippen molar-refractivity contribution < 1.29 is 79.0 Å². The smallest absolute Gasteiger partial charge is 0.335 e. The molecule has 0 amide bonds. The molecule has 0 heterocycles. The minimum atomic E-state index is -2.69. The molecule has 47 heavy (non-hydrogen) atoms. The third-order valence-electron chi connectivity index (χ3n) is 6.89. The first kappa shape index (κ1) is 35.9. The van der Waals surface area contributed by atoms with E-state index in [1.807, 2.05) is 0 Å². The molecule has 0 spiro atoms. The van der Waals surface area contributed by atoms with Crippen LogP contribution in [0.25, 0.3) is 12.2 Å². The molecular formula is C31H32O16. The highest BCUT2D eigenvalue weighted by atomic mass is 16.6. The number of hydrogen-bond acceptors (Lipinski definition) is 14. The zero-order valence-electron chi connectivity index (χ0n) is 24.7. The highest BCUT2D eigenvalue weighted by Gasteiger charge is 2.54. The van der Waals surface area contributed by atoms with Gasteiger partial charge in [0.15, 0.2) is 34.7 Å². The van der Waals surface area contributed by atoms with Crippen LogP contribution in [0.1, 0.15) is 43.7 Å². The van der Waals surface area contributed by atoms with Crippen molar-refractivity contribution >= 4 is 42.0 Å². The van der Waals surface area contributed by atoms with Gasteiger partial charge in [0.05, 0.1) is 18.4 Å². The molecular weight excluding hydrogens is 628 g/mol.